The van der Waals surface area contributed by atoms with Gasteiger partial charge in [0.2, 0.25) is 0 Å². The second-order valence-corrected chi connectivity index (χ2v) is 5.32. The minimum atomic E-state index is 0.195. The molecule has 2 N–H and O–H groups in total. The standard InChI is InChI=1S/C15H15BrN4O/c1-3-10-11(8-17)15(20-19-13(10)4-2)21-14-6-5-9(16)7-12(14)18/h5-7H,3-4,18H2,1-2H3. The summed E-state index contributed by atoms with van der Waals surface area (Å²) in [4.78, 5) is 0. The summed E-state index contributed by atoms with van der Waals surface area (Å²) in [6.45, 7) is 3.96. The second-order valence-electron chi connectivity index (χ2n) is 4.41. The summed E-state index contributed by atoms with van der Waals surface area (Å²) >= 11 is 3.34. The lowest BCUT2D eigenvalue weighted by Gasteiger charge is -2.12. The third kappa shape index (κ3) is 3.14. The minimum absolute atomic E-state index is 0.195. The van der Waals surface area contributed by atoms with Crippen LogP contribution in [0.5, 0.6) is 11.6 Å². The number of benzene rings is 1. The first kappa shape index (κ1) is 15.3. The third-order valence-corrected chi connectivity index (χ3v) is 3.60. The van der Waals surface area contributed by atoms with Crippen LogP contribution >= 0.6 is 15.9 Å². The van der Waals surface area contributed by atoms with E-state index in [2.05, 4.69) is 32.2 Å². The SMILES string of the molecule is CCc1nnc(Oc2ccc(Br)cc2N)c(C#N)c1CC. The molecule has 0 aliphatic carbocycles. The highest BCUT2D eigenvalue weighted by Crippen LogP contribution is 2.31. The number of hydrogen-bond acceptors (Lipinski definition) is 5. The van der Waals surface area contributed by atoms with Gasteiger partial charge < -0.3 is 10.5 Å². The smallest absolute Gasteiger partial charge is 0.257 e. The van der Waals surface area contributed by atoms with Crippen molar-refractivity contribution in [3.63, 3.8) is 0 Å². The van der Waals surface area contributed by atoms with E-state index in [-0.39, 0.29) is 5.88 Å². The number of nitrogens with zero attached hydrogens (tertiary/aromatic N) is 3. The fraction of sp³-hybridized carbons (Fsp3) is 0.267. The first-order chi connectivity index (χ1) is 10.1. The monoisotopic (exact) mass is 346 g/mol. The molecule has 0 fully saturated rings. The van der Waals surface area contributed by atoms with Crippen LogP contribution in [0.1, 0.15) is 30.7 Å². The highest BCUT2D eigenvalue weighted by Gasteiger charge is 2.16. The molecule has 6 heteroatoms. The molecule has 0 radical (unpaired) electrons. The Bertz CT molecular complexity index is 710. The van der Waals surface area contributed by atoms with Crippen molar-refractivity contribution in [1.29, 1.82) is 5.26 Å². The van der Waals surface area contributed by atoms with Gasteiger partial charge in [0.15, 0.2) is 5.75 Å². The van der Waals surface area contributed by atoms with Crippen LogP contribution in [-0.4, -0.2) is 10.2 Å². The van der Waals surface area contributed by atoms with Crippen LogP contribution in [0.25, 0.3) is 0 Å². The maximum atomic E-state index is 9.41. The highest BCUT2D eigenvalue weighted by molar-refractivity contribution is 9.10. The zero-order valence-corrected chi connectivity index (χ0v) is 13.4. The first-order valence-corrected chi connectivity index (χ1v) is 7.41. The molecule has 108 valence electrons. The molecular weight excluding hydrogens is 332 g/mol. The topological polar surface area (TPSA) is 84.8 Å². The van der Waals surface area contributed by atoms with Crippen molar-refractivity contribution in [2.24, 2.45) is 0 Å². The molecule has 0 unspecified atom stereocenters. The number of aromatic nitrogens is 2. The first-order valence-electron chi connectivity index (χ1n) is 6.62. The molecule has 0 aliphatic rings. The zero-order chi connectivity index (χ0) is 15.4. The molecule has 5 nitrogen and oxygen atoms in total. The molecule has 0 atom stereocenters. The molecule has 1 aromatic carbocycles. The summed E-state index contributed by atoms with van der Waals surface area (Å²) in [5, 5.41) is 17.6. The molecular formula is C15H15BrN4O. The largest absolute Gasteiger partial charge is 0.434 e. The van der Waals surface area contributed by atoms with Gasteiger partial charge in [0, 0.05) is 4.47 Å². The predicted octanol–water partition coefficient (Wildman–Crippen LogP) is 3.61. The molecule has 2 aromatic rings. The van der Waals surface area contributed by atoms with Crippen molar-refractivity contribution in [3.8, 4) is 17.7 Å². The van der Waals surface area contributed by atoms with Crippen LogP contribution < -0.4 is 10.5 Å². The fourth-order valence-corrected chi connectivity index (χ4v) is 2.44. The average Bonchev–Trinajstić information content (AvgIpc) is 2.49. The van der Waals surface area contributed by atoms with Crippen molar-refractivity contribution >= 4 is 21.6 Å². The zero-order valence-electron chi connectivity index (χ0n) is 11.9. The Morgan fingerprint density at radius 3 is 2.62 bits per heavy atom. The van der Waals surface area contributed by atoms with E-state index < -0.39 is 0 Å². The molecule has 21 heavy (non-hydrogen) atoms. The van der Waals surface area contributed by atoms with E-state index in [9.17, 15) is 5.26 Å². The van der Waals surface area contributed by atoms with Crippen LogP contribution in [0.4, 0.5) is 5.69 Å². The number of nitriles is 1. The lowest BCUT2D eigenvalue weighted by Crippen LogP contribution is -2.05. The van der Waals surface area contributed by atoms with Crippen molar-refractivity contribution < 1.29 is 4.74 Å². The van der Waals surface area contributed by atoms with E-state index in [1.807, 2.05) is 19.9 Å². The van der Waals surface area contributed by atoms with Crippen LogP contribution in [0, 0.1) is 11.3 Å². The van der Waals surface area contributed by atoms with Crippen molar-refractivity contribution in [1.82, 2.24) is 10.2 Å². The van der Waals surface area contributed by atoms with Gasteiger partial charge in [0.05, 0.1) is 11.4 Å². The van der Waals surface area contributed by atoms with Gasteiger partial charge in [0.25, 0.3) is 5.88 Å². The molecule has 0 amide bonds. The molecule has 0 saturated carbocycles. The number of halogens is 1. The van der Waals surface area contributed by atoms with Crippen LogP contribution in [0.15, 0.2) is 22.7 Å². The van der Waals surface area contributed by atoms with Crippen molar-refractivity contribution in [2.75, 3.05) is 5.73 Å². The van der Waals surface area contributed by atoms with Crippen LogP contribution in [0.3, 0.4) is 0 Å². The van der Waals surface area contributed by atoms with E-state index >= 15 is 0 Å². The number of rotatable bonds is 4. The molecule has 2 rings (SSSR count). The maximum Gasteiger partial charge on any atom is 0.257 e. The summed E-state index contributed by atoms with van der Waals surface area (Å²) in [7, 11) is 0. The van der Waals surface area contributed by atoms with Gasteiger partial charge in [-0.15, -0.1) is 5.10 Å². The Balaban J connectivity index is 2.47. The fourth-order valence-electron chi connectivity index (χ4n) is 2.06. The number of aryl methyl sites for hydroxylation is 1. The second kappa shape index (κ2) is 6.55. The molecule has 1 aromatic heterocycles. The Labute approximate surface area is 131 Å². The van der Waals surface area contributed by atoms with E-state index in [1.54, 1.807) is 12.1 Å². The normalized spacial score (nSPS) is 10.2. The average molecular weight is 347 g/mol. The Kier molecular flexibility index (Phi) is 4.76. The Morgan fingerprint density at radius 2 is 2.05 bits per heavy atom. The predicted molar refractivity (Wildman–Crippen MR) is 84.1 cm³/mol. The molecule has 0 bridgehead atoms. The summed E-state index contributed by atoms with van der Waals surface area (Å²) in [5.74, 6) is 0.649. The highest BCUT2D eigenvalue weighted by atomic mass is 79.9. The summed E-state index contributed by atoms with van der Waals surface area (Å²) in [6, 6.07) is 7.43. The van der Waals surface area contributed by atoms with E-state index in [4.69, 9.17) is 10.5 Å². The van der Waals surface area contributed by atoms with Crippen molar-refractivity contribution in [3.05, 3.63) is 39.5 Å². The third-order valence-electron chi connectivity index (χ3n) is 3.10. The number of anilines is 1. The summed E-state index contributed by atoms with van der Waals surface area (Å²) in [5.41, 5.74) is 8.49. The van der Waals surface area contributed by atoms with Gasteiger partial charge in [-0.1, -0.05) is 29.8 Å². The van der Waals surface area contributed by atoms with Gasteiger partial charge in [-0.25, -0.2) is 0 Å². The lowest BCUT2D eigenvalue weighted by atomic mass is 10.0. The number of ether oxygens (including phenoxy) is 1. The molecule has 0 spiro atoms. The van der Waals surface area contributed by atoms with Crippen LogP contribution in [-0.2, 0) is 12.8 Å². The minimum Gasteiger partial charge on any atom is -0.434 e. The number of nitrogens with two attached hydrogens (primary N) is 1. The van der Waals surface area contributed by atoms with Gasteiger partial charge in [-0.05, 0) is 36.6 Å². The number of nitrogen functional groups attached to an aromatic ring is 1. The molecule has 0 aliphatic heterocycles. The summed E-state index contributed by atoms with van der Waals surface area (Å²) < 4.78 is 6.54. The van der Waals surface area contributed by atoms with E-state index in [0.717, 1.165) is 22.2 Å². The maximum absolute atomic E-state index is 9.41. The van der Waals surface area contributed by atoms with Gasteiger partial charge in [0.1, 0.15) is 11.6 Å². The Hall–Kier alpha value is -2.13. The summed E-state index contributed by atoms with van der Waals surface area (Å²) in [6.07, 6.45) is 1.43. The Morgan fingerprint density at radius 1 is 1.29 bits per heavy atom. The van der Waals surface area contributed by atoms with Gasteiger partial charge in [-0.3, -0.25) is 0 Å². The number of hydrogen-bond donors (Lipinski definition) is 1. The quantitative estimate of drug-likeness (QED) is 0.854. The van der Waals surface area contributed by atoms with Crippen LogP contribution in [0.2, 0.25) is 0 Å². The van der Waals surface area contributed by atoms with Gasteiger partial charge >= 0.3 is 0 Å². The van der Waals surface area contributed by atoms with E-state index in [0.29, 0.717) is 23.4 Å². The van der Waals surface area contributed by atoms with Crippen molar-refractivity contribution in [2.45, 2.75) is 26.7 Å². The molecule has 0 saturated heterocycles. The molecule has 1 heterocycles. The lowest BCUT2D eigenvalue weighted by molar-refractivity contribution is 0.453. The van der Waals surface area contributed by atoms with E-state index in [1.165, 1.54) is 0 Å². The van der Waals surface area contributed by atoms with Gasteiger partial charge in [-0.2, -0.15) is 10.4 Å².